The fraction of sp³-hybridized carbons (Fsp3) is 0.571. The van der Waals surface area contributed by atoms with Crippen LogP contribution < -0.4 is 15.4 Å². The van der Waals surface area contributed by atoms with Crippen LogP contribution in [0.4, 0.5) is 0 Å². The molecule has 2 N–H and O–H groups in total. The molecule has 1 rings (SSSR count). The Morgan fingerprint density at radius 3 is 2.29 bits per heavy atom. The molecule has 0 aliphatic heterocycles. The van der Waals surface area contributed by atoms with Crippen LogP contribution in [0.1, 0.15) is 32.4 Å². The van der Waals surface area contributed by atoms with E-state index in [-0.39, 0.29) is 0 Å². The van der Waals surface area contributed by atoms with Gasteiger partial charge >= 0.3 is 0 Å². The molecule has 0 aromatic heterocycles. The molecule has 0 aliphatic carbocycles. The van der Waals surface area contributed by atoms with E-state index >= 15 is 0 Å². The smallest absolute Gasteiger partial charge is 0.119 e. The molecule has 0 saturated carbocycles. The maximum absolute atomic E-state index is 5.44. The lowest BCUT2D eigenvalue weighted by molar-refractivity contribution is 0.340. The summed E-state index contributed by atoms with van der Waals surface area (Å²) in [5.41, 5.74) is 1.28. The van der Waals surface area contributed by atoms with E-state index in [1.807, 2.05) is 26.1 Å². The molecule has 1 aromatic carbocycles. The van der Waals surface area contributed by atoms with Gasteiger partial charge in [0.15, 0.2) is 0 Å². The first-order valence-corrected chi connectivity index (χ1v) is 6.30. The molecule has 1 aromatic rings. The Morgan fingerprint density at radius 1 is 1.18 bits per heavy atom. The van der Waals surface area contributed by atoms with E-state index in [1.165, 1.54) is 5.56 Å². The summed E-state index contributed by atoms with van der Waals surface area (Å²) in [4.78, 5) is 0. The van der Waals surface area contributed by atoms with Crippen LogP contribution in [-0.4, -0.2) is 26.2 Å². The van der Waals surface area contributed by atoms with Gasteiger partial charge in [-0.2, -0.15) is 0 Å². The molecule has 96 valence electrons. The first kappa shape index (κ1) is 14.0. The van der Waals surface area contributed by atoms with Crippen LogP contribution in [0, 0.1) is 0 Å². The highest BCUT2D eigenvalue weighted by molar-refractivity contribution is 5.29. The summed E-state index contributed by atoms with van der Waals surface area (Å²) >= 11 is 0. The standard InChI is InChI=1S/C14H24N2O/c1-5-17-13-8-6-12(7-9-13)14(15-4)10-16-11(2)3/h6-9,11,14-16H,5,10H2,1-4H3. The van der Waals surface area contributed by atoms with Crippen LogP contribution in [0.25, 0.3) is 0 Å². The van der Waals surface area contributed by atoms with Gasteiger partial charge in [0.1, 0.15) is 5.75 Å². The minimum Gasteiger partial charge on any atom is -0.494 e. The predicted molar refractivity (Wildman–Crippen MR) is 72.6 cm³/mol. The summed E-state index contributed by atoms with van der Waals surface area (Å²) in [6.45, 7) is 7.96. The van der Waals surface area contributed by atoms with E-state index in [4.69, 9.17) is 4.74 Å². The van der Waals surface area contributed by atoms with Gasteiger partial charge in [-0.05, 0) is 31.7 Å². The van der Waals surface area contributed by atoms with Gasteiger partial charge in [0.05, 0.1) is 6.61 Å². The normalized spacial score (nSPS) is 12.8. The second-order valence-electron chi connectivity index (χ2n) is 4.41. The summed E-state index contributed by atoms with van der Waals surface area (Å²) in [6.07, 6.45) is 0. The maximum Gasteiger partial charge on any atom is 0.119 e. The molecule has 0 heterocycles. The highest BCUT2D eigenvalue weighted by atomic mass is 16.5. The SMILES string of the molecule is CCOc1ccc(C(CNC(C)C)NC)cc1. The average Bonchev–Trinajstić information content (AvgIpc) is 2.32. The highest BCUT2D eigenvalue weighted by Gasteiger charge is 2.09. The van der Waals surface area contributed by atoms with Gasteiger partial charge in [-0.1, -0.05) is 26.0 Å². The van der Waals surface area contributed by atoms with Crippen molar-refractivity contribution in [2.24, 2.45) is 0 Å². The largest absolute Gasteiger partial charge is 0.494 e. The monoisotopic (exact) mass is 236 g/mol. The molecule has 0 saturated heterocycles. The average molecular weight is 236 g/mol. The van der Waals surface area contributed by atoms with E-state index in [1.54, 1.807) is 0 Å². The topological polar surface area (TPSA) is 33.3 Å². The highest BCUT2D eigenvalue weighted by Crippen LogP contribution is 2.17. The Labute approximate surface area is 105 Å². The Kier molecular flexibility index (Phi) is 6.01. The van der Waals surface area contributed by atoms with E-state index in [0.717, 1.165) is 12.3 Å². The van der Waals surface area contributed by atoms with Crippen molar-refractivity contribution in [3.05, 3.63) is 29.8 Å². The fourth-order valence-electron chi connectivity index (χ4n) is 1.70. The van der Waals surface area contributed by atoms with Gasteiger partial charge in [-0.15, -0.1) is 0 Å². The summed E-state index contributed by atoms with van der Waals surface area (Å²) < 4.78 is 5.44. The van der Waals surface area contributed by atoms with Crippen LogP contribution in [0.15, 0.2) is 24.3 Å². The molecule has 3 nitrogen and oxygen atoms in total. The Morgan fingerprint density at radius 2 is 1.82 bits per heavy atom. The van der Waals surface area contributed by atoms with Crippen molar-refractivity contribution in [3.63, 3.8) is 0 Å². The molecule has 0 radical (unpaired) electrons. The number of nitrogens with one attached hydrogen (secondary N) is 2. The lowest BCUT2D eigenvalue weighted by Gasteiger charge is -2.19. The quantitative estimate of drug-likeness (QED) is 0.762. The Balaban J connectivity index is 2.61. The van der Waals surface area contributed by atoms with Crippen molar-refractivity contribution in [1.29, 1.82) is 0 Å². The second-order valence-corrected chi connectivity index (χ2v) is 4.41. The number of benzene rings is 1. The van der Waals surface area contributed by atoms with E-state index in [2.05, 4.69) is 36.6 Å². The third-order valence-electron chi connectivity index (χ3n) is 2.67. The fourth-order valence-corrected chi connectivity index (χ4v) is 1.70. The molecule has 0 fully saturated rings. The molecular formula is C14H24N2O. The lowest BCUT2D eigenvalue weighted by atomic mass is 10.1. The molecule has 1 atom stereocenters. The third-order valence-corrected chi connectivity index (χ3v) is 2.67. The molecule has 0 aliphatic rings. The first-order chi connectivity index (χ1) is 8.17. The zero-order valence-electron chi connectivity index (χ0n) is 11.3. The Hall–Kier alpha value is -1.06. The van der Waals surface area contributed by atoms with Crippen molar-refractivity contribution in [2.75, 3.05) is 20.2 Å². The van der Waals surface area contributed by atoms with Gasteiger partial charge in [0, 0.05) is 18.6 Å². The minimum absolute atomic E-state index is 0.341. The molecule has 17 heavy (non-hydrogen) atoms. The minimum atomic E-state index is 0.341. The molecular weight excluding hydrogens is 212 g/mol. The van der Waals surface area contributed by atoms with Crippen molar-refractivity contribution >= 4 is 0 Å². The zero-order chi connectivity index (χ0) is 12.7. The molecule has 1 unspecified atom stereocenters. The predicted octanol–water partition coefficient (Wildman–Crippen LogP) is 2.34. The van der Waals surface area contributed by atoms with Gasteiger partial charge in [0.25, 0.3) is 0 Å². The van der Waals surface area contributed by atoms with Crippen LogP contribution in [-0.2, 0) is 0 Å². The first-order valence-electron chi connectivity index (χ1n) is 6.30. The summed E-state index contributed by atoms with van der Waals surface area (Å²) in [5, 5.41) is 6.76. The zero-order valence-corrected chi connectivity index (χ0v) is 11.3. The van der Waals surface area contributed by atoms with Gasteiger partial charge in [0.2, 0.25) is 0 Å². The van der Waals surface area contributed by atoms with Gasteiger partial charge in [-0.3, -0.25) is 0 Å². The van der Waals surface area contributed by atoms with E-state index < -0.39 is 0 Å². The van der Waals surface area contributed by atoms with Crippen molar-refractivity contribution in [2.45, 2.75) is 32.9 Å². The van der Waals surface area contributed by atoms with Crippen LogP contribution in [0.2, 0.25) is 0 Å². The van der Waals surface area contributed by atoms with Crippen molar-refractivity contribution in [3.8, 4) is 5.75 Å². The number of likely N-dealkylation sites (N-methyl/N-ethyl adjacent to an activating group) is 1. The summed E-state index contributed by atoms with van der Waals surface area (Å²) in [7, 11) is 1.99. The number of hydrogen-bond donors (Lipinski definition) is 2. The lowest BCUT2D eigenvalue weighted by Crippen LogP contribution is -2.33. The number of hydrogen-bond acceptors (Lipinski definition) is 3. The van der Waals surface area contributed by atoms with Crippen molar-refractivity contribution in [1.82, 2.24) is 10.6 Å². The second kappa shape index (κ2) is 7.30. The Bertz CT molecular complexity index is 309. The maximum atomic E-state index is 5.44. The molecule has 3 heteroatoms. The summed E-state index contributed by atoms with van der Waals surface area (Å²) in [6, 6.07) is 9.14. The van der Waals surface area contributed by atoms with E-state index in [9.17, 15) is 0 Å². The number of rotatable bonds is 7. The number of ether oxygens (including phenoxy) is 1. The van der Waals surface area contributed by atoms with E-state index in [0.29, 0.717) is 18.7 Å². The third kappa shape index (κ3) is 4.75. The van der Waals surface area contributed by atoms with Crippen LogP contribution in [0.5, 0.6) is 5.75 Å². The molecule has 0 spiro atoms. The van der Waals surface area contributed by atoms with Crippen LogP contribution >= 0.6 is 0 Å². The summed E-state index contributed by atoms with van der Waals surface area (Å²) in [5.74, 6) is 0.933. The molecule has 0 bridgehead atoms. The van der Waals surface area contributed by atoms with Crippen molar-refractivity contribution < 1.29 is 4.74 Å². The van der Waals surface area contributed by atoms with Gasteiger partial charge in [-0.25, -0.2) is 0 Å². The van der Waals surface area contributed by atoms with Gasteiger partial charge < -0.3 is 15.4 Å². The molecule has 0 amide bonds. The van der Waals surface area contributed by atoms with Crippen LogP contribution in [0.3, 0.4) is 0 Å².